The molecule has 0 aromatic carbocycles. The molecule has 1 aromatic heterocycles. The number of H-pyrrole nitrogens is 1. The zero-order chi connectivity index (χ0) is 13.2. The van der Waals surface area contributed by atoms with Crippen LogP contribution >= 0.6 is 0 Å². The van der Waals surface area contributed by atoms with Gasteiger partial charge in [0.2, 0.25) is 0 Å². The second kappa shape index (κ2) is 8.69. The van der Waals surface area contributed by atoms with Gasteiger partial charge in [0.15, 0.2) is 0 Å². The smallest absolute Gasteiger partial charge is 0.323 e. The van der Waals surface area contributed by atoms with Crippen LogP contribution in [-0.2, 0) is 16.0 Å². The molecular formula is C13H23N3O2. The summed E-state index contributed by atoms with van der Waals surface area (Å²) >= 11 is 0. The number of esters is 1. The third-order valence-electron chi connectivity index (χ3n) is 2.79. The van der Waals surface area contributed by atoms with Crippen LogP contribution in [0.1, 0.15) is 44.7 Å². The topological polar surface area (TPSA) is 81.0 Å². The van der Waals surface area contributed by atoms with Crippen LogP contribution in [0.5, 0.6) is 0 Å². The van der Waals surface area contributed by atoms with Crippen LogP contribution in [0.2, 0.25) is 0 Å². The molecule has 0 aliphatic heterocycles. The normalized spacial score (nSPS) is 12.3. The predicted octanol–water partition coefficient (Wildman–Crippen LogP) is 1.79. The minimum Gasteiger partial charge on any atom is -0.465 e. The first kappa shape index (κ1) is 14.7. The van der Waals surface area contributed by atoms with Crippen molar-refractivity contribution in [3.8, 4) is 0 Å². The Morgan fingerprint density at radius 1 is 1.44 bits per heavy atom. The first-order valence-corrected chi connectivity index (χ1v) is 6.63. The van der Waals surface area contributed by atoms with Gasteiger partial charge in [0, 0.05) is 18.3 Å². The third-order valence-corrected chi connectivity index (χ3v) is 2.79. The second-order valence-electron chi connectivity index (χ2n) is 4.47. The molecule has 102 valence electrons. The molecule has 0 saturated heterocycles. The number of rotatable bonds is 9. The molecule has 0 aliphatic rings. The average Bonchev–Trinajstić information content (AvgIpc) is 2.86. The Balaban J connectivity index is 2.08. The number of hydrogen-bond acceptors (Lipinski definition) is 4. The van der Waals surface area contributed by atoms with Gasteiger partial charge in [0.25, 0.3) is 0 Å². The Hall–Kier alpha value is -1.36. The van der Waals surface area contributed by atoms with E-state index in [1.54, 1.807) is 12.5 Å². The summed E-state index contributed by atoms with van der Waals surface area (Å²) < 4.78 is 5.13. The molecule has 0 fully saturated rings. The maximum atomic E-state index is 11.6. The molecule has 0 bridgehead atoms. The van der Waals surface area contributed by atoms with Crippen molar-refractivity contribution >= 4 is 5.97 Å². The quantitative estimate of drug-likeness (QED) is 0.519. The standard InChI is InChI=1S/C13H23N3O2/c1-2-3-4-5-6-7-18-13(17)12(14)8-11-9-15-10-16-11/h9-10,12H,2-8,14H2,1H3,(H,15,16)/t12-/m0/s1. The summed E-state index contributed by atoms with van der Waals surface area (Å²) in [6, 6.07) is -0.610. The van der Waals surface area contributed by atoms with Crippen molar-refractivity contribution in [2.75, 3.05) is 6.61 Å². The van der Waals surface area contributed by atoms with Gasteiger partial charge in [-0.1, -0.05) is 32.6 Å². The molecule has 0 spiro atoms. The van der Waals surface area contributed by atoms with E-state index in [0.29, 0.717) is 13.0 Å². The number of nitrogens with two attached hydrogens (primary N) is 1. The molecule has 0 unspecified atom stereocenters. The monoisotopic (exact) mass is 253 g/mol. The highest BCUT2D eigenvalue weighted by Gasteiger charge is 2.15. The number of aromatic amines is 1. The summed E-state index contributed by atoms with van der Waals surface area (Å²) in [5.74, 6) is -0.333. The average molecular weight is 253 g/mol. The largest absolute Gasteiger partial charge is 0.465 e. The summed E-state index contributed by atoms with van der Waals surface area (Å²) in [7, 11) is 0. The number of nitrogens with zero attached hydrogens (tertiary/aromatic N) is 1. The molecule has 0 radical (unpaired) electrons. The Bertz CT molecular complexity index is 325. The molecule has 1 aromatic rings. The van der Waals surface area contributed by atoms with Crippen LogP contribution < -0.4 is 5.73 Å². The number of carbonyl (C=O) groups excluding carboxylic acids is 1. The lowest BCUT2D eigenvalue weighted by Gasteiger charge is -2.10. The van der Waals surface area contributed by atoms with E-state index in [4.69, 9.17) is 10.5 Å². The minimum absolute atomic E-state index is 0.333. The number of carbonyl (C=O) groups is 1. The molecule has 1 rings (SSSR count). The Morgan fingerprint density at radius 2 is 2.22 bits per heavy atom. The molecule has 5 heteroatoms. The van der Waals surface area contributed by atoms with Crippen molar-refractivity contribution in [1.29, 1.82) is 0 Å². The highest BCUT2D eigenvalue weighted by molar-refractivity contribution is 5.75. The van der Waals surface area contributed by atoms with Crippen molar-refractivity contribution in [3.63, 3.8) is 0 Å². The third kappa shape index (κ3) is 5.82. The fourth-order valence-corrected chi connectivity index (χ4v) is 1.70. The van der Waals surface area contributed by atoms with E-state index in [1.165, 1.54) is 19.3 Å². The van der Waals surface area contributed by atoms with Gasteiger partial charge in [-0.25, -0.2) is 4.98 Å². The van der Waals surface area contributed by atoms with Crippen molar-refractivity contribution in [2.24, 2.45) is 5.73 Å². The fourth-order valence-electron chi connectivity index (χ4n) is 1.70. The van der Waals surface area contributed by atoms with Gasteiger partial charge in [-0.15, -0.1) is 0 Å². The first-order chi connectivity index (χ1) is 8.74. The molecule has 1 atom stereocenters. The molecule has 0 aliphatic carbocycles. The van der Waals surface area contributed by atoms with E-state index < -0.39 is 6.04 Å². The van der Waals surface area contributed by atoms with Crippen LogP contribution in [0.4, 0.5) is 0 Å². The lowest BCUT2D eigenvalue weighted by molar-refractivity contribution is -0.145. The van der Waals surface area contributed by atoms with E-state index in [1.807, 2.05) is 0 Å². The van der Waals surface area contributed by atoms with Crippen LogP contribution in [-0.4, -0.2) is 28.6 Å². The van der Waals surface area contributed by atoms with Gasteiger partial charge >= 0.3 is 5.97 Å². The van der Waals surface area contributed by atoms with Gasteiger partial charge in [-0.05, 0) is 6.42 Å². The molecule has 0 saturated carbocycles. The highest BCUT2D eigenvalue weighted by Crippen LogP contribution is 2.03. The summed E-state index contributed by atoms with van der Waals surface area (Å²) in [6.07, 6.45) is 9.36. The molecule has 18 heavy (non-hydrogen) atoms. The second-order valence-corrected chi connectivity index (χ2v) is 4.47. The lowest BCUT2D eigenvalue weighted by atomic mass is 10.1. The maximum absolute atomic E-state index is 11.6. The van der Waals surface area contributed by atoms with E-state index in [0.717, 1.165) is 18.5 Å². The summed E-state index contributed by atoms with van der Waals surface area (Å²) in [5, 5.41) is 0. The molecular weight excluding hydrogens is 230 g/mol. The first-order valence-electron chi connectivity index (χ1n) is 6.63. The number of hydrogen-bond donors (Lipinski definition) is 2. The summed E-state index contributed by atoms with van der Waals surface area (Å²) in [4.78, 5) is 18.4. The molecule has 5 nitrogen and oxygen atoms in total. The minimum atomic E-state index is -0.610. The Kier molecular flexibility index (Phi) is 7.10. The summed E-state index contributed by atoms with van der Waals surface area (Å²) in [5.41, 5.74) is 6.60. The van der Waals surface area contributed by atoms with Crippen LogP contribution in [0.15, 0.2) is 12.5 Å². The van der Waals surface area contributed by atoms with E-state index in [9.17, 15) is 4.79 Å². The molecule has 0 amide bonds. The number of aromatic nitrogens is 2. The zero-order valence-electron chi connectivity index (χ0n) is 11.0. The number of imidazole rings is 1. The van der Waals surface area contributed by atoms with Crippen LogP contribution in [0.25, 0.3) is 0 Å². The van der Waals surface area contributed by atoms with E-state index in [-0.39, 0.29) is 5.97 Å². The lowest BCUT2D eigenvalue weighted by Crippen LogP contribution is -2.34. The molecule has 1 heterocycles. The number of ether oxygens (including phenoxy) is 1. The number of nitrogens with one attached hydrogen (secondary N) is 1. The predicted molar refractivity (Wildman–Crippen MR) is 70.0 cm³/mol. The Labute approximate surface area is 108 Å². The number of unbranched alkanes of at least 4 members (excludes halogenated alkanes) is 4. The molecule has 3 N–H and O–H groups in total. The van der Waals surface area contributed by atoms with Gasteiger partial charge in [0.1, 0.15) is 6.04 Å². The van der Waals surface area contributed by atoms with Gasteiger partial charge in [0.05, 0.1) is 12.9 Å². The van der Waals surface area contributed by atoms with Crippen molar-refractivity contribution in [2.45, 2.75) is 51.5 Å². The SMILES string of the molecule is CCCCCCCOC(=O)[C@@H](N)Cc1cnc[nH]1. The van der Waals surface area contributed by atoms with Crippen molar-refractivity contribution in [1.82, 2.24) is 9.97 Å². The zero-order valence-corrected chi connectivity index (χ0v) is 11.0. The van der Waals surface area contributed by atoms with Crippen molar-refractivity contribution < 1.29 is 9.53 Å². The maximum Gasteiger partial charge on any atom is 0.323 e. The Morgan fingerprint density at radius 3 is 2.89 bits per heavy atom. The fraction of sp³-hybridized carbons (Fsp3) is 0.692. The van der Waals surface area contributed by atoms with Crippen molar-refractivity contribution in [3.05, 3.63) is 18.2 Å². The van der Waals surface area contributed by atoms with Gasteiger partial charge < -0.3 is 15.5 Å². The van der Waals surface area contributed by atoms with Gasteiger partial charge in [-0.3, -0.25) is 4.79 Å². The summed E-state index contributed by atoms with van der Waals surface area (Å²) in [6.45, 7) is 2.65. The van der Waals surface area contributed by atoms with E-state index >= 15 is 0 Å². The van der Waals surface area contributed by atoms with E-state index in [2.05, 4.69) is 16.9 Å². The van der Waals surface area contributed by atoms with Crippen LogP contribution in [0.3, 0.4) is 0 Å². The van der Waals surface area contributed by atoms with Crippen LogP contribution in [0, 0.1) is 0 Å². The highest BCUT2D eigenvalue weighted by atomic mass is 16.5. The van der Waals surface area contributed by atoms with Gasteiger partial charge in [-0.2, -0.15) is 0 Å².